The van der Waals surface area contributed by atoms with Crippen molar-refractivity contribution in [2.45, 2.75) is 50.3 Å². The van der Waals surface area contributed by atoms with Crippen LogP contribution < -0.4 is 0 Å². The van der Waals surface area contributed by atoms with Crippen LogP contribution in [0.15, 0.2) is 0 Å². The highest BCUT2D eigenvalue weighted by Crippen LogP contribution is 2.44. The Morgan fingerprint density at radius 3 is 2.58 bits per heavy atom. The second kappa shape index (κ2) is 5.13. The van der Waals surface area contributed by atoms with Crippen LogP contribution in [0.2, 0.25) is 0 Å². The van der Waals surface area contributed by atoms with Gasteiger partial charge >= 0.3 is 0 Å². The minimum absolute atomic E-state index is 0.0192. The molecule has 2 heterocycles. The number of carbonyl (C=O) groups excluding carboxylic acids is 1. The highest BCUT2D eigenvalue weighted by atomic mass is 16.6. The number of hydrogen-bond donors (Lipinski definition) is 0. The van der Waals surface area contributed by atoms with Crippen LogP contribution in [0.1, 0.15) is 19.8 Å². The number of Topliss-reactive ketones (excluding diaryl/α,β-unsaturated/α-hetero) is 1. The molecule has 0 amide bonds. The van der Waals surface area contributed by atoms with E-state index in [1.807, 2.05) is 6.92 Å². The van der Waals surface area contributed by atoms with Gasteiger partial charge in [-0.1, -0.05) is 0 Å². The normalized spacial score (nSPS) is 49.8. The van der Waals surface area contributed by atoms with E-state index in [0.717, 1.165) is 6.42 Å². The molecule has 3 fully saturated rings. The highest BCUT2D eigenvalue weighted by molar-refractivity contribution is 5.83. The summed E-state index contributed by atoms with van der Waals surface area (Å²) >= 11 is 0. The number of carbonyl (C=O) groups is 1. The van der Waals surface area contributed by atoms with Crippen molar-refractivity contribution >= 4 is 5.78 Å². The Labute approximate surface area is 113 Å². The van der Waals surface area contributed by atoms with Crippen LogP contribution in [-0.4, -0.2) is 57.1 Å². The summed E-state index contributed by atoms with van der Waals surface area (Å²) in [5.74, 6) is 0.259. The van der Waals surface area contributed by atoms with E-state index in [9.17, 15) is 4.79 Å². The van der Waals surface area contributed by atoms with E-state index in [0.29, 0.717) is 13.0 Å². The van der Waals surface area contributed by atoms with Gasteiger partial charge in [-0.15, -0.1) is 0 Å². The fourth-order valence-corrected chi connectivity index (χ4v) is 4.02. The molecule has 0 spiro atoms. The Kier molecular flexibility index (Phi) is 3.64. The van der Waals surface area contributed by atoms with E-state index >= 15 is 0 Å². The average Bonchev–Trinajstić information content (AvgIpc) is 2.84. The van der Waals surface area contributed by atoms with Crippen LogP contribution in [0, 0.1) is 11.8 Å². The first-order chi connectivity index (χ1) is 9.17. The number of ether oxygens (including phenoxy) is 4. The van der Waals surface area contributed by atoms with Gasteiger partial charge in [0.05, 0.1) is 30.3 Å². The average molecular weight is 270 g/mol. The molecule has 0 bridgehead atoms. The van der Waals surface area contributed by atoms with Crippen LogP contribution in [-0.2, 0) is 23.7 Å². The lowest BCUT2D eigenvalue weighted by Crippen LogP contribution is -2.63. The predicted molar refractivity (Wildman–Crippen MR) is 66.9 cm³/mol. The molecule has 1 aliphatic carbocycles. The van der Waals surface area contributed by atoms with Crippen LogP contribution in [0.3, 0.4) is 0 Å². The first-order valence-electron chi connectivity index (χ1n) is 7.02. The Morgan fingerprint density at radius 2 is 1.89 bits per heavy atom. The molecule has 0 radical (unpaired) electrons. The number of rotatable bonds is 2. The summed E-state index contributed by atoms with van der Waals surface area (Å²) in [6.45, 7) is 2.64. The molecule has 0 aromatic heterocycles. The summed E-state index contributed by atoms with van der Waals surface area (Å²) in [4.78, 5) is 12.4. The van der Waals surface area contributed by atoms with Crippen molar-refractivity contribution in [3.05, 3.63) is 0 Å². The van der Waals surface area contributed by atoms with E-state index in [2.05, 4.69) is 0 Å². The molecule has 0 aromatic carbocycles. The first-order valence-corrected chi connectivity index (χ1v) is 7.02. The Bertz CT molecular complexity index is 358. The van der Waals surface area contributed by atoms with E-state index in [1.54, 1.807) is 14.2 Å². The highest BCUT2D eigenvalue weighted by Gasteiger charge is 2.58. The van der Waals surface area contributed by atoms with Gasteiger partial charge in [0.15, 0.2) is 0 Å². The van der Waals surface area contributed by atoms with Gasteiger partial charge in [-0.3, -0.25) is 4.79 Å². The lowest BCUT2D eigenvalue weighted by Gasteiger charge is -2.49. The van der Waals surface area contributed by atoms with Crippen molar-refractivity contribution in [2.75, 3.05) is 20.8 Å². The van der Waals surface area contributed by atoms with E-state index < -0.39 is 0 Å². The smallest absolute Gasteiger partial charge is 0.143 e. The van der Waals surface area contributed by atoms with Gasteiger partial charge in [0.25, 0.3) is 0 Å². The minimum atomic E-state index is -0.245. The summed E-state index contributed by atoms with van der Waals surface area (Å²) in [6, 6.07) is 0. The van der Waals surface area contributed by atoms with Crippen LogP contribution in [0.5, 0.6) is 0 Å². The van der Waals surface area contributed by atoms with Crippen LogP contribution in [0.25, 0.3) is 0 Å². The molecule has 108 valence electrons. The largest absolute Gasteiger partial charge is 0.380 e. The molecule has 7 atom stereocenters. The van der Waals surface area contributed by atoms with Crippen LogP contribution >= 0.6 is 0 Å². The standard InChI is InChI=1S/C14H22O5/c1-7-6-9(15)10-11(16-2)8-4-5-18-12(8)14(17-3)13(10)19-7/h7-8,10-14H,4-6H2,1-3H3/t7-,8-,10+,11+,12-,13+,14-/m0/s1. The zero-order chi connectivity index (χ0) is 13.6. The molecule has 2 saturated heterocycles. The van der Waals surface area contributed by atoms with E-state index in [1.165, 1.54) is 0 Å². The summed E-state index contributed by atoms with van der Waals surface area (Å²) in [5, 5.41) is 0. The maximum Gasteiger partial charge on any atom is 0.143 e. The maximum atomic E-state index is 12.4. The van der Waals surface area contributed by atoms with Gasteiger partial charge in [0, 0.05) is 33.2 Å². The number of hydrogen-bond acceptors (Lipinski definition) is 5. The maximum absolute atomic E-state index is 12.4. The third kappa shape index (κ3) is 2.03. The van der Waals surface area contributed by atoms with Crippen molar-refractivity contribution in [1.82, 2.24) is 0 Å². The van der Waals surface area contributed by atoms with E-state index in [-0.39, 0.29) is 48.1 Å². The molecule has 3 rings (SSSR count). The van der Waals surface area contributed by atoms with Gasteiger partial charge in [-0.25, -0.2) is 0 Å². The molecule has 5 heteroatoms. The number of methoxy groups -OCH3 is 2. The van der Waals surface area contributed by atoms with Crippen molar-refractivity contribution in [3.63, 3.8) is 0 Å². The fraction of sp³-hybridized carbons (Fsp3) is 0.929. The van der Waals surface area contributed by atoms with Gasteiger partial charge in [-0.2, -0.15) is 0 Å². The molecule has 5 nitrogen and oxygen atoms in total. The summed E-state index contributed by atoms with van der Waals surface area (Å²) < 4.78 is 23.1. The monoisotopic (exact) mass is 270 g/mol. The van der Waals surface area contributed by atoms with Crippen LogP contribution in [0.4, 0.5) is 0 Å². The Morgan fingerprint density at radius 1 is 1.16 bits per heavy atom. The molecule has 0 unspecified atom stereocenters. The van der Waals surface area contributed by atoms with Gasteiger partial charge in [0.2, 0.25) is 0 Å². The van der Waals surface area contributed by atoms with Gasteiger partial charge in [-0.05, 0) is 13.3 Å². The number of ketones is 1. The third-order valence-corrected chi connectivity index (χ3v) is 4.76. The molecule has 0 aromatic rings. The van der Waals surface area contributed by atoms with Gasteiger partial charge in [0.1, 0.15) is 11.9 Å². The summed E-state index contributed by atoms with van der Waals surface area (Å²) in [6.07, 6.45) is 0.798. The van der Waals surface area contributed by atoms with Crippen molar-refractivity contribution < 1.29 is 23.7 Å². The molecule has 0 N–H and O–H groups in total. The molecule has 2 aliphatic heterocycles. The van der Waals surface area contributed by atoms with Crippen molar-refractivity contribution in [3.8, 4) is 0 Å². The third-order valence-electron chi connectivity index (χ3n) is 4.76. The number of fused-ring (bicyclic) bond motifs is 2. The second-order valence-corrected chi connectivity index (χ2v) is 5.80. The lowest BCUT2D eigenvalue weighted by atomic mass is 9.69. The Balaban J connectivity index is 1.94. The fourth-order valence-electron chi connectivity index (χ4n) is 4.02. The summed E-state index contributed by atoms with van der Waals surface area (Å²) in [7, 11) is 3.34. The molecular weight excluding hydrogens is 248 g/mol. The lowest BCUT2D eigenvalue weighted by molar-refractivity contribution is -0.224. The Hall–Kier alpha value is -0.490. The van der Waals surface area contributed by atoms with Crippen molar-refractivity contribution in [1.29, 1.82) is 0 Å². The molecule has 1 saturated carbocycles. The van der Waals surface area contributed by atoms with E-state index in [4.69, 9.17) is 18.9 Å². The SMILES string of the molecule is CO[C@H]1[C@H]2OCC[C@H]2[C@@H](OC)[C@H]2C(=O)C[C@H](C)O[C@@H]12. The van der Waals surface area contributed by atoms with Crippen molar-refractivity contribution in [2.24, 2.45) is 11.8 Å². The zero-order valence-corrected chi connectivity index (χ0v) is 11.7. The summed E-state index contributed by atoms with van der Waals surface area (Å²) in [5.41, 5.74) is 0. The molecular formula is C14H22O5. The second-order valence-electron chi connectivity index (χ2n) is 5.80. The molecule has 19 heavy (non-hydrogen) atoms. The first kappa shape index (κ1) is 13.5. The predicted octanol–water partition coefficient (Wildman–Crippen LogP) is 0.798. The quantitative estimate of drug-likeness (QED) is 0.743. The topological polar surface area (TPSA) is 54.0 Å². The van der Waals surface area contributed by atoms with Gasteiger partial charge < -0.3 is 18.9 Å². The molecule has 3 aliphatic rings. The minimum Gasteiger partial charge on any atom is -0.380 e. The zero-order valence-electron chi connectivity index (χ0n) is 11.7.